The van der Waals surface area contributed by atoms with Crippen molar-refractivity contribution >= 4 is 5.91 Å². The number of hydrogen-bond acceptors (Lipinski definition) is 2. The van der Waals surface area contributed by atoms with Crippen molar-refractivity contribution in [2.24, 2.45) is 5.92 Å². The Bertz CT molecular complexity index is 760. The van der Waals surface area contributed by atoms with E-state index in [4.69, 9.17) is 0 Å². The van der Waals surface area contributed by atoms with Crippen molar-refractivity contribution in [3.05, 3.63) is 52.3 Å². The molecule has 0 saturated carbocycles. The number of amides is 1. The van der Waals surface area contributed by atoms with Crippen LogP contribution in [-0.4, -0.2) is 15.7 Å². The highest BCUT2D eigenvalue weighted by molar-refractivity contribution is 5.79. The average Bonchev–Trinajstić information content (AvgIpc) is 2.82. The van der Waals surface area contributed by atoms with Gasteiger partial charge in [0, 0.05) is 17.8 Å². The van der Waals surface area contributed by atoms with Crippen LogP contribution in [0.3, 0.4) is 0 Å². The second-order valence-electron chi connectivity index (χ2n) is 7.61. The van der Waals surface area contributed by atoms with Gasteiger partial charge in [0.15, 0.2) is 0 Å². The average molecular weight is 339 g/mol. The zero-order valence-electron chi connectivity index (χ0n) is 15.8. The number of rotatable bonds is 5. The Hall–Kier alpha value is -2.10. The fraction of sp³-hybridized carbons (Fsp3) is 0.524. The summed E-state index contributed by atoms with van der Waals surface area (Å²) in [5, 5.41) is 7.87. The van der Waals surface area contributed by atoms with Gasteiger partial charge >= 0.3 is 0 Å². The molecule has 0 aliphatic heterocycles. The van der Waals surface area contributed by atoms with Crippen molar-refractivity contribution in [3.63, 3.8) is 0 Å². The highest BCUT2D eigenvalue weighted by Crippen LogP contribution is 2.29. The minimum absolute atomic E-state index is 0.0944. The first kappa shape index (κ1) is 17.7. The summed E-state index contributed by atoms with van der Waals surface area (Å²) in [6.45, 7) is 9.33. The van der Waals surface area contributed by atoms with Crippen molar-refractivity contribution in [1.29, 1.82) is 0 Å². The summed E-state index contributed by atoms with van der Waals surface area (Å²) >= 11 is 0. The smallest absolute Gasteiger partial charge is 0.225 e. The molecule has 25 heavy (non-hydrogen) atoms. The molecule has 0 unspecified atom stereocenters. The first-order valence-corrected chi connectivity index (χ1v) is 9.35. The number of benzene rings is 1. The van der Waals surface area contributed by atoms with Gasteiger partial charge in [-0.25, -0.2) is 0 Å². The van der Waals surface area contributed by atoms with Crippen LogP contribution in [0.5, 0.6) is 0 Å². The summed E-state index contributed by atoms with van der Waals surface area (Å²) in [7, 11) is 0. The molecule has 0 fully saturated rings. The molecule has 1 aliphatic carbocycles. The summed E-state index contributed by atoms with van der Waals surface area (Å²) in [5.41, 5.74) is 5.81. The molecule has 1 heterocycles. The Morgan fingerprint density at radius 3 is 2.84 bits per heavy atom. The molecule has 3 rings (SSSR count). The van der Waals surface area contributed by atoms with Crippen LogP contribution in [-0.2, 0) is 24.2 Å². The maximum atomic E-state index is 12.7. The van der Waals surface area contributed by atoms with Crippen molar-refractivity contribution < 1.29 is 4.79 Å². The van der Waals surface area contributed by atoms with Crippen molar-refractivity contribution in [2.75, 3.05) is 0 Å². The standard InChI is InChI=1S/C21H29N3O/c1-14(2)13-24-16(4)19(15(3)23-24)12-21(25)22-20-11-7-9-17-8-5-6-10-18(17)20/h5-6,8,10,14,20H,7,9,11-13H2,1-4H3,(H,22,25)/t20-/m1/s1. The van der Waals surface area contributed by atoms with Crippen LogP contribution in [0.25, 0.3) is 0 Å². The fourth-order valence-electron chi connectivity index (χ4n) is 3.82. The molecule has 0 saturated heterocycles. The molecule has 0 bridgehead atoms. The maximum absolute atomic E-state index is 12.7. The highest BCUT2D eigenvalue weighted by atomic mass is 16.1. The van der Waals surface area contributed by atoms with Gasteiger partial charge in [0.1, 0.15) is 0 Å². The molecule has 1 aromatic heterocycles. The summed E-state index contributed by atoms with van der Waals surface area (Å²) in [5.74, 6) is 0.635. The maximum Gasteiger partial charge on any atom is 0.225 e. The van der Waals surface area contributed by atoms with Gasteiger partial charge in [-0.05, 0) is 50.2 Å². The van der Waals surface area contributed by atoms with E-state index >= 15 is 0 Å². The molecule has 1 amide bonds. The second kappa shape index (κ2) is 7.42. The lowest BCUT2D eigenvalue weighted by Crippen LogP contribution is -2.32. The van der Waals surface area contributed by atoms with Crippen LogP contribution in [0.2, 0.25) is 0 Å². The zero-order valence-corrected chi connectivity index (χ0v) is 15.8. The van der Waals surface area contributed by atoms with Crippen LogP contribution < -0.4 is 5.32 Å². The Kier molecular flexibility index (Phi) is 5.26. The van der Waals surface area contributed by atoms with E-state index in [9.17, 15) is 4.79 Å². The normalized spacial score (nSPS) is 16.8. The molecular weight excluding hydrogens is 310 g/mol. The monoisotopic (exact) mass is 339 g/mol. The van der Waals surface area contributed by atoms with E-state index in [-0.39, 0.29) is 11.9 Å². The van der Waals surface area contributed by atoms with Gasteiger partial charge < -0.3 is 5.32 Å². The van der Waals surface area contributed by atoms with Gasteiger partial charge in [0.05, 0.1) is 18.2 Å². The number of carbonyl (C=O) groups is 1. The van der Waals surface area contributed by atoms with Gasteiger partial charge in [0.25, 0.3) is 0 Å². The molecule has 0 spiro atoms. The van der Waals surface area contributed by atoms with Gasteiger partial charge in [-0.1, -0.05) is 38.1 Å². The third-order valence-corrected chi connectivity index (χ3v) is 5.11. The fourth-order valence-corrected chi connectivity index (χ4v) is 3.82. The third kappa shape index (κ3) is 3.94. The summed E-state index contributed by atoms with van der Waals surface area (Å²) in [6, 6.07) is 8.62. The SMILES string of the molecule is Cc1nn(CC(C)C)c(C)c1CC(=O)N[C@@H]1CCCc2ccccc21. The lowest BCUT2D eigenvalue weighted by molar-refractivity contribution is -0.121. The summed E-state index contributed by atoms with van der Waals surface area (Å²) < 4.78 is 2.04. The van der Waals surface area contributed by atoms with E-state index in [0.29, 0.717) is 12.3 Å². The Morgan fingerprint density at radius 2 is 2.08 bits per heavy atom. The first-order chi connectivity index (χ1) is 12.0. The Morgan fingerprint density at radius 1 is 1.32 bits per heavy atom. The molecule has 1 aromatic carbocycles. The Labute approximate surface area is 150 Å². The van der Waals surface area contributed by atoms with Gasteiger partial charge in [-0.15, -0.1) is 0 Å². The molecule has 1 atom stereocenters. The van der Waals surface area contributed by atoms with Crippen LogP contribution in [0.1, 0.15) is 60.8 Å². The van der Waals surface area contributed by atoms with Gasteiger partial charge in [-0.3, -0.25) is 9.48 Å². The zero-order chi connectivity index (χ0) is 18.0. The van der Waals surface area contributed by atoms with Gasteiger partial charge in [-0.2, -0.15) is 5.10 Å². The van der Waals surface area contributed by atoms with Crippen molar-refractivity contribution in [1.82, 2.24) is 15.1 Å². The molecule has 4 heteroatoms. The van der Waals surface area contributed by atoms with Crippen LogP contribution in [0.15, 0.2) is 24.3 Å². The van der Waals surface area contributed by atoms with E-state index in [1.807, 2.05) is 11.6 Å². The molecular formula is C21H29N3O. The lowest BCUT2D eigenvalue weighted by atomic mass is 9.87. The van der Waals surface area contributed by atoms with Gasteiger partial charge in [0.2, 0.25) is 5.91 Å². The number of hydrogen-bond donors (Lipinski definition) is 1. The van der Waals surface area contributed by atoms with E-state index in [1.54, 1.807) is 0 Å². The highest BCUT2D eigenvalue weighted by Gasteiger charge is 2.22. The minimum Gasteiger partial charge on any atom is -0.349 e. The predicted octanol–water partition coefficient (Wildman–Crippen LogP) is 3.89. The van der Waals surface area contributed by atoms with Crippen molar-refractivity contribution in [3.8, 4) is 0 Å². The van der Waals surface area contributed by atoms with Crippen LogP contribution in [0.4, 0.5) is 0 Å². The number of aromatic nitrogens is 2. The minimum atomic E-state index is 0.0944. The van der Waals surface area contributed by atoms with E-state index in [0.717, 1.165) is 42.8 Å². The quantitative estimate of drug-likeness (QED) is 0.898. The number of nitrogens with zero attached hydrogens (tertiary/aromatic N) is 2. The molecule has 2 aromatic rings. The first-order valence-electron chi connectivity index (χ1n) is 9.35. The number of fused-ring (bicyclic) bond motifs is 1. The molecule has 4 nitrogen and oxygen atoms in total. The van der Waals surface area contributed by atoms with E-state index in [1.165, 1.54) is 11.1 Å². The van der Waals surface area contributed by atoms with E-state index < -0.39 is 0 Å². The third-order valence-electron chi connectivity index (χ3n) is 5.11. The lowest BCUT2D eigenvalue weighted by Gasteiger charge is -2.26. The predicted molar refractivity (Wildman–Crippen MR) is 101 cm³/mol. The number of carbonyl (C=O) groups excluding carboxylic acids is 1. The summed E-state index contributed by atoms with van der Waals surface area (Å²) in [6.07, 6.45) is 3.68. The van der Waals surface area contributed by atoms with Crippen LogP contribution >= 0.6 is 0 Å². The van der Waals surface area contributed by atoms with E-state index in [2.05, 4.69) is 55.5 Å². The topological polar surface area (TPSA) is 46.9 Å². The molecule has 1 N–H and O–H groups in total. The summed E-state index contributed by atoms with van der Waals surface area (Å²) in [4.78, 5) is 12.7. The molecule has 134 valence electrons. The molecule has 1 aliphatic rings. The number of aryl methyl sites for hydroxylation is 2. The molecule has 0 radical (unpaired) electrons. The number of nitrogens with one attached hydrogen (secondary N) is 1. The largest absolute Gasteiger partial charge is 0.349 e. The second-order valence-corrected chi connectivity index (χ2v) is 7.61. The Balaban J connectivity index is 1.71. The van der Waals surface area contributed by atoms with Crippen LogP contribution in [0, 0.1) is 19.8 Å². The van der Waals surface area contributed by atoms with Crippen molar-refractivity contribution in [2.45, 2.75) is 66.0 Å².